The van der Waals surface area contributed by atoms with Crippen LogP contribution in [0.1, 0.15) is 95.3 Å². The summed E-state index contributed by atoms with van der Waals surface area (Å²) in [5, 5.41) is 1.17. The van der Waals surface area contributed by atoms with Gasteiger partial charge in [0.25, 0.3) is 0 Å². The molecule has 4 aromatic rings. The van der Waals surface area contributed by atoms with Crippen molar-refractivity contribution < 1.29 is 0 Å². The average Bonchev–Trinajstić information content (AvgIpc) is 3.37. The van der Waals surface area contributed by atoms with E-state index < -0.39 is 0 Å². The van der Waals surface area contributed by atoms with Gasteiger partial charge in [-0.1, -0.05) is 41.5 Å². The Morgan fingerprint density at radius 3 is 2.13 bits per heavy atom. The first-order valence-electron chi connectivity index (χ1n) is 11.3. The maximum Gasteiger partial charge on any atom is 0.166 e. The largest absolute Gasteiger partial charge is 0.263 e. The van der Waals surface area contributed by atoms with Crippen LogP contribution in [-0.4, -0.2) is 19.4 Å². The molecule has 2 aliphatic carbocycles. The van der Waals surface area contributed by atoms with Gasteiger partial charge in [-0.2, -0.15) is 0 Å². The molecule has 30 heavy (non-hydrogen) atoms. The number of pyridine rings is 1. The van der Waals surface area contributed by atoms with E-state index in [1.807, 2.05) is 0 Å². The van der Waals surface area contributed by atoms with Crippen LogP contribution in [0.15, 0.2) is 24.3 Å². The van der Waals surface area contributed by atoms with Gasteiger partial charge in [-0.3, -0.25) is 4.40 Å². The standard InChI is InChI=1S/C26H30N4/c1-25(2,3)21-10-9-19-23(29-21)30-22(27-19)18-12-16-14-7-8-15(11-14)17(16)13-20(18)28-24(30)26(4,5)6/h9-10,12-15H,7-8,11H2,1-6H3. The lowest BCUT2D eigenvalue weighted by molar-refractivity contribution is 0.540. The minimum absolute atomic E-state index is 0.00935. The van der Waals surface area contributed by atoms with E-state index >= 15 is 0 Å². The molecule has 3 heterocycles. The van der Waals surface area contributed by atoms with Gasteiger partial charge in [0.05, 0.1) is 5.52 Å². The third kappa shape index (κ3) is 2.42. The predicted molar refractivity (Wildman–Crippen MR) is 123 cm³/mol. The number of aromatic nitrogens is 4. The summed E-state index contributed by atoms with van der Waals surface area (Å²) in [4.78, 5) is 15.4. The molecular weight excluding hydrogens is 368 g/mol. The van der Waals surface area contributed by atoms with Gasteiger partial charge >= 0.3 is 0 Å². The Bertz CT molecular complexity index is 1350. The maximum atomic E-state index is 5.23. The first kappa shape index (κ1) is 18.3. The Balaban J connectivity index is 1.76. The SMILES string of the molecule is CC(C)(C)c1ccc2nc3c4cc5c(cc4nc(C(C)(C)C)n3c2n1)C1CCC5C1. The number of rotatable bonds is 0. The first-order valence-corrected chi connectivity index (χ1v) is 11.3. The molecule has 4 nitrogen and oxygen atoms in total. The van der Waals surface area contributed by atoms with Crippen LogP contribution in [-0.2, 0) is 10.8 Å². The Labute approximate surface area is 177 Å². The van der Waals surface area contributed by atoms with Crippen molar-refractivity contribution in [2.45, 2.75) is 83.5 Å². The van der Waals surface area contributed by atoms with Gasteiger partial charge in [-0.25, -0.2) is 15.0 Å². The van der Waals surface area contributed by atoms with Gasteiger partial charge in [0.1, 0.15) is 17.0 Å². The van der Waals surface area contributed by atoms with Crippen LogP contribution in [0, 0.1) is 0 Å². The Hall–Kier alpha value is -2.49. The van der Waals surface area contributed by atoms with Crippen LogP contribution < -0.4 is 0 Å². The van der Waals surface area contributed by atoms with E-state index in [0.717, 1.165) is 45.7 Å². The zero-order valence-corrected chi connectivity index (χ0v) is 18.9. The van der Waals surface area contributed by atoms with Gasteiger partial charge in [-0.15, -0.1) is 0 Å². The van der Waals surface area contributed by atoms with E-state index in [1.165, 1.54) is 24.6 Å². The lowest BCUT2D eigenvalue weighted by atomic mass is 9.90. The molecule has 1 saturated carbocycles. The molecule has 3 aromatic heterocycles. The summed E-state index contributed by atoms with van der Waals surface area (Å²) in [5.74, 6) is 2.50. The highest BCUT2D eigenvalue weighted by molar-refractivity contribution is 5.97. The topological polar surface area (TPSA) is 43.1 Å². The fourth-order valence-electron chi connectivity index (χ4n) is 5.57. The molecule has 0 aliphatic heterocycles. The van der Waals surface area contributed by atoms with E-state index in [-0.39, 0.29) is 10.8 Å². The molecule has 0 N–H and O–H groups in total. The van der Waals surface area contributed by atoms with Crippen molar-refractivity contribution in [1.82, 2.24) is 19.4 Å². The highest BCUT2D eigenvalue weighted by Gasteiger charge is 2.37. The molecule has 0 radical (unpaired) electrons. The van der Waals surface area contributed by atoms with Crippen LogP contribution in [0.25, 0.3) is 27.7 Å². The summed E-state index contributed by atoms with van der Waals surface area (Å²) in [7, 11) is 0. The highest BCUT2D eigenvalue weighted by Crippen LogP contribution is 2.54. The van der Waals surface area contributed by atoms with Crippen molar-refractivity contribution in [3.05, 3.63) is 46.9 Å². The number of hydrogen-bond donors (Lipinski definition) is 0. The molecule has 2 atom stereocenters. The number of benzene rings is 1. The minimum Gasteiger partial charge on any atom is -0.263 e. The molecule has 2 bridgehead atoms. The van der Waals surface area contributed by atoms with E-state index in [9.17, 15) is 0 Å². The smallest absolute Gasteiger partial charge is 0.166 e. The third-order valence-electron chi connectivity index (χ3n) is 7.14. The van der Waals surface area contributed by atoms with Crippen molar-refractivity contribution in [2.24, 2.45) is 0 Å². The zero-order chi connectivity index (χ0) is 21.0. The molecule has 0 saturated heterocycles. The van der Waals surface area contributed by atoms with Crippen LogP contribution >= 0.6 is 0 Å². The first-order chi connectivity index (χ1) is 14.1. The third-order valence-corrected chi connectivity index (χ3v) is 7.14. The van der Waals surface area contributed by atoms with E-state index in [4.69, 9.17) is 15.0 Å². The van der Waals surface area contributed by atoms with Crippen molar-refractivity contribution >= 4 is 27.7 Å². The molecule has 2 unspecified atom stereocenters. The average molecular weight is 399 g/mol. The lowest BCUT2D eigenvalue weighted by Gasteiger charge is -2.22. The molecule has 6 rings (SSSR count). The van der Waals surface area contributed by atoms with E-state index in [1.54, 1.807) is 11.1 Å². The lowest BCUT2D eigenvalue weighted by Crippen LogP contribution is -2.20. The molecule has 4 heteroatoms. The van der Waals surface area contributed by atoms with Gasteiger partial charge in [0, 0.05) is 21.9 Å². The summed E-state index contributed by atoms with van der Waals surface area (Å²) < 4.78 is 2.23. The van der Waals surface area contributed by atoms with Crippen LogP contribution in [0.3, 0.4) is 0 Å². The second kappa shape index (κ2) is 5.60. The monoisotopic (exact) mass is 398 g/mol. The van der Waals surface area contributed by atoms with Gasteiger partial charge < -0.3 is 0 Å². The minimum atomic E-state index is -0.114. The van der Waals surface area contributed by atoms with Crippen molar-refractivity contribution in [1.29, 1.82) is 0 Å². The quantitative estimate of drug-likeness (QED) is 0.345. The number of nitrogens with zero attached hydrogens (tertiary/aromatic N) is 4. The fraction of sp³-hybridized carbons (Fsp3) is 0.500. The summed E-state index contributed by atoms with van der Waals surface area (Å²) in [5.41, 5.74) is 8.02. The van der Waals surface area contributed by atoms with Crippen molar-refractivity contribution in [3.8, 4) is 0 Å². The normalized spacial score (nSPS) is 21.3. The van der Waals surface area contributed by atoms with Crippen molar-refractivity contribution in [2.75, 3.05) is 0 Å². The predicted octanol–water partition coefficient (Wildman–Crippen LogP) is 6.39. The summed E-state index contributed by atoms with van der Waals surface area (Å²) in [6.45, 7) is 13.3. The maximum absolute atomic E-state index is 5.23. The zero-order valence-electron chi connectivity index (χ0n) is 18.9. The van der Waals surface area contributed by atoms with Gasteiger partial charge in [0.15, 0.2) is 5.65 Å². The Kier molecular flexibility index (Phi) is 3.41. The van der Waals surface area contributed by atoms with Gasteiger partial charge in [0.2, 0.25) is 0 Å². The van der Waals surface area contributed by atoms with E-state index in [2.05, 4.69) is 70.2 Å². The molecular formula is C26H30N4. The molecule has 154 valence electrons. The summed E-state index contributed by atoms with van der Waals surface area (Å²) in [6, 6.07) is 9.03. The number of imidazole rings is 1. The summed E-state index contributed by atoms with van der Waals surface area (Å²) in [6.07, 6.45) is 3.99. The molecule has 1 aromatic carbocycles. The summed E-state index contributed by atoms with van der Waals surface area (Å²) >= 11 is 0. The number of hydrogen-bond acceptors (Lipinski definition) is 3. The molecule has 0 spiro atoms. The highest BCUT2D eigenvalue weighted by atomic mass is 15.1. The van der Waals surface area contributed by atoms with E-state index in [0.29, 0.717) is 0 Å². The Morgan fingerprint density at radius 1 is 0.767 bits per heavy atom. The number of fused-ring (bicyclic) bond motifs is 10. The van der Waals surface area contributed by atoms with Crippen LogP contribution in [0.4, 0.5) is 0 Å². The molecule has 1 fully saturated rings. The molecule has 0 amide bonds. The second-order valence-corrected chi connectivity index (χ2v) is 11.5. The van der Waals surface area contributed by atoms with Crippen LogP contribution in [0.5, 0.6) is 0 Å². The molecule has 2 aliphatic rings. The van der Waals surface area contributed by atoms with Crippen LogP contribution in [0.2, 0.25) is 0 Å². The second-order valence-electron chi connectivity index (χ2n) is 11.5. The van der Waals surface area contributed by atoms with Crippen molar-refractivity contribution in [3.63, 3.8) is 0 Å². The Morgan fingerprint density at radius 2 is 1.47 bits per heavy atom. The fourth-order valence-corrected chi connectivity index (χ4v) is 5.57. The van der Waals surface area contributed by atoms with Gasteiger partial charge in [-0.05, 0) is 66.5 Å².